The van der Waals surface area contributed by atoms with Crippen LogP contribution in [0.1, 0.15) is 104 Å². The highest BCUT2D eigenvalue weighted by atomic mass is 16.4. The molecular formula is C22H40O3. The largest absolute Gasteiger partial charge is 0.481 e. The second-order valence-corrected chi connectivity index (χ2v) is 7.90. The van der Waals surface area contributed by atoms with Gasteiger partial charge < -0.3 is 5.11 Å². The Morgan fingerprint density at radius 3 is 1.44 bits per heavy atom. The number of carboxylic acid groups (broad SMARTS) is 1. The fraction of sp³-hybridized carbons (Fsp3) is 0.818. The first-order chi connectivity index (χ1) is 11.9. The van der Waals surface area contributed by atoms with Crippen LogP contribution in [0.4, 0.5) is 0 Å². The SMILES string of the molecule is C=C(C)C(=O)C(CCCCCCCCCCCCCC(C)C)C(=O)O. The summed E-state index contributed by atoms with van der Waals surface area (Å²) in [5.41, 5.74) is 0.344. The van der Waals surface area contributed by atoms with Crippen LogP contribution in [-0.4, -0.2) is 16.9 Å². The minimum atomic E-state index is -1.01. The molecule has 0 rings (SSSR count). The molecule has 0 aliphatic carbocycles. The molecule has 0 aromatic heterocycles. The predicted octanol–water partition coefficient (Wildman–Crippen LogP) is 6.56. The average Bonchev–Trinajstić information content (AvgIpc) is 2.54. The third kappa shape index (κ3) is 13.8. The lowest BCUT2D eigenvalue weighted by atomic mass is 9.93. The number of carbonyl (C=O) groups is 2. The second-order valence-electron chi connectivity index (χ2n) is 7.90. The van der Waals surface area contributed by atoms with Gasteiger partial charge in [-0.25, -0.2) is 0 Å². The number of aliphatic carboxylic acids is 1. The van der Waals surface area contributed by atoms with Crippen molar-refractivity contribution < 1.29 is 14.7 Å². The highest BCUT2D eigenvalue weighted by Gasteiger charge is 2.25. The summed E-state index contributed by atoms with van der Waals surface area (Å²) in [4.78, 5) is 22.9. The first-order valence-electron chi connectivity index (χ1n) is 10.3. The Kier molecular flexibility index (Phi) is 14.5. The van der Waals surface area contributed by atoms with E-state index < -0.39 is 11.9 Å². The predicted molar refractivity (Wildman–Crippen MR) is 106 cm³/mol. The molecule has 0 aliphatic rings. The fourth-order valence-electron chi connectivity index (χ4n) is 3.16. The quantitative estimate of drug-likeness (QED) is 0.183. The average molecular weight is 353 g/mol. The van der Waals surface area contributed by atoms with E-state index in [9.17, 15) is 9.59 Å². The summed E-state index contributed by atoms with van der Waals surface area (Å²) in [6, 6.07) is 0. The summed E-state index contributed by atoms with van der Waals surface area (Å²) in [6.07, 6.45) is 15.4. The summed E-state index contributed by atoms with van der Waals surface area (Å²) < 4.78 is 0. The summed E-state index contributed by atoms with van der Waals surface area (Å²) in [7, 11) is 0. The van der Waals surface area contributed by atoms with E-state index in [4.69, 9.17) is 5.11 Å². The van der Waals surface area contributed by atoms with Gasteiger partial charge in [-0.05, 0) is 24.8 Å². The van der Waals surface area contributed by atoms with Crippen molar-refractivity contribution in [1.82, 2.24) is 0 Å². The summed E-state index contributed by atoms with van der Waals surface area (Å²) in [6.45, 7) is 9.73. The second kappa shape index (κ2) is 15.2. The van der Waals surface area contributed by atoms with Gasteiger partial charge in [-0.15, -0.1) is 0 Å². The maximum atomic E-state index is 11.8. The van der Waals surface area contributed by atoms with Crippen molar-refractivity contribution in [1.29, 1.82) is 0 Å². The zero-order valence-electron chi connectivity index (χ0n) is 16.8. The molecule has 0 fully saturated rings. The Balaban J connectivity index is 3.47. The van der Waals surface area contributed by atoms with Gasteiger partial charge in [0.1, 0.15) is 5.92 Å². The topological polar surface area (TPSA) is 54.4 Å². The Bertz CT molecular complexity index is 385. The highest BCUT2D eigenvalue weighted by molar-refractivity contribution is 6.07. The normalized spacial score (nSPS) is 12.3. The van der Waals surface area contributed by atoms with Crippen molar-refractivity contribution >= 4 is 11.8 Å². The van der Waals surface area contributed by atoms with Crippen LogP contribution < -0.4 is 0 Å². The van der Waals surface area contributed by atoms with Crippen molar-refractivity contribution in [3.05, 3.63) is 12.2 Å². The number of carboxylic acids is 1. The number of Topliss-reactive ketones (excluding diaryl/α,β-unsaturated/α-hetero) is 1. The van der Waals surface area contributed by atoms with E-state index in [2.05, 4.69) is 20.4 Å². The maximum absolute atomic E-state index is 11.8. The van der Waals surface area contributed by atoms with Gasteiger partial charge in [0.2, 0.25) is 0 Å². The third-order valence-electron chi connectivity index (χ3n) is 4.81. The van der Waals surface area contributed by atoms with Crippen LogP contribution in [0, 0.1) is 11.8 Å². The Hall–Kier alpha value is -1.12. The van der Waals surface area contributed by atoms with Gasteiger partial charge >= 0.3 is 5.97 Å². The molecule has 0 spiro atoms. The number of rotatable bonds is 17. The lowest BCUT2D eigenvalue weighted by Gasteiger charge is -2.10. The Morgan fingerprint density at radius 2 is 1.12 bits per heavy atom. The van der Waals surface area contributed by atoms with E-state index in [1.54, 1.807) is 6.92 Å². The number of carbonyl (C=O) groups excluding carboxylic acids is 1. The molecule has 0 aromatic carbocycles. The molecule has 1 unspecified atom stereocenters. The fourth-order valence-corrected chi connectivity index (χ4v) is 3.16. The van der Waals surface area contributed by atoms with E-state index in [-0.39, 0.29) is 5.78 Å². The van der Waals surface area contributed by atoms with E-state index in [1.807, 2.05) is 0 Å². The molecule has 1 atom stereocenters. The smallest absolute Gasteiger partial charge is 0.314 e. The minimum Gasteiger partial charge on any atom is -0.481 e. The van der Waals surface area contributed by atoms with Crippen molar-refractivity contribution in [2.75, 3.05) is 0 Å². The summed E-state index contributed by atoms with van der Waals surface area (Å²) in [5.74, 6) is -1.39. The number of allylic oxidation sites excluding steroid dienone is 1. The van der Waals surface area contributed by atoms with Gasteiger partial charge in [0.15, 0.2) is 5.78 Å². The Morgan fingerprint density at radius 1 is 0.760 bits per heavy atom. The number of ketones is 1. The molecule has 0 amide bonds. The van der Waals surface area contributed by atoms with Crippen molar-refractivity contribution in [2.24, 2.45) is 11.8 Å². The molecule has 0 aliphatic heterocycles. The van der Waals surface area contributed by atoms with Gasteiger partial charge in [-0.3, -0.25) is 9.59 Å². The Labute approximate surface area is 155 Å². The molecule has 0 saturated carbocycles. The first kappa shape index (κ1) is 23.9. The van der Waals surface area contributed by atoms with Crippen LogP contribution in [0.5, 0.6) is 0 Å². The standard InChI is InChI=1S/C22H40O3/c1-18(2)16-14-12-10-8-6-5-7-9-11-13-15-17-20(22(24)25)21(23)19(3)4/h18,20H,3,5-17H2,1-2,4H3,(H,24,25). The van der Waals surface area contributed by atoms with E-state index in [0.29, 0.717) is 12.0 Å². The molecule has 0 radical (unpaired) electrons. The van der Waals surface area contributed by atoms with Crippen LogP contribution in [0.2, 0.25) is 0 Å². The molecule has 3 heteroatoms. The lowest BCUT2D eigenvalue weighted by Crippen LogP contribution is -2.24. The molecule has 3 nitrogen and oxygen atoms in total. The molecular weight excluding hydrogens is 312 g/mol. The maximum Gasteiger partial charge on any atom is 0.314 e. The van der Waals surface area contributed by atoms with Gasteiger partial charge in [0.25, 0.3) is 0 Å². The molecule has 146 valence electrons. The van der Waals surface area contributed by atoms with Crippen LogP contribution >= 0.6 is 0 Å². The molecule has 0 heterocycles. The van der Waals surface area contributed by atoms with Crippen molar-refractivity contribution in [3.63, 3.8) is 0 Å². The lowest BCUT2D eigenvalue weighted by molar-refractivity contribution is -0.145. The van der Waals surface area contributed by atoms with Crippen LogP contribution in [0.25, 0.3) is 0 Å². The molecule has 1 N–H and O–H groups in total. The highest BCUT2D eigenvalue weighted by Crippen LogP contribution is 2.17. The first-order valence-corrected chi connectivity index (χ1v) is 10.3. The zero-order valence-corrected chi connectivity index (χ0v) is 16.8. The van der Waals surface area contributed by atoms with Gasteiger partial charge in [0.05, 0.1) is 0 Å². The van der Waals surface area contributed by atoms with Crippen molar-refractivity contribution in [3.8, 4) is 0 Å². The monoisotopic (exact) mass is 352 g/mol. The summed E-state index contributed by atoms with van der Waals surface area (Å²) >= 11 is 0. The number of unbranched alkanes of at least 4 members (excludes halogenated alkanes) is 10. The third-order valence-corrected chi connectivity index (χ3v) is 4.81. The number of hydrogen-bond acceptors (Lipinski definition) is 2. The van der Waals surface area contributed by atoms with Crippen LogP contribution in [0.15, 0.2) is 12.2 Å². The number of hydrogen-bond donors (Lipinski definition) is 1. The van der Waals surface area contributed by atoms with E-state index >= 15 is 0 Å². The van der Waals surface area contributed by atoms with Crippen LogP contribution in [-0.2, 0) is 9.59 Å². The van der Waals surface area contributed by atoms with Crippen molar-refractivity contribution in [2.45, 2.75) is 104 Å². The summed E-state index contributed by atoms with van der Waals surface area (Å²) in [5, 5.41) is 9.13. The van der Waals surface area contributed by atoms with Gasteiger partial charge in [0, 0.05) is 0 Å². The zero-order chi connectivity index (χ0) is 19.1. The van der Waals surface area contributed by atoms with Gasteiger partial charge in [-0.1, -0.05) is 97.5 Å². The molecule has 0 saturated heterocycles. The minimum absolute atomic E-state index is 0.319. The van der Waals surface area contributed by atoms with Crippen LogP contribution in [0.3, 0.4) is 0 Å². The van der Waals surface area contributed by atoms with E-state index in [1.165, 1.54) is 57.8 Å². The molecule has 25 heavy (non-hydrogen) atoms. The van der Waals surface area contributed by atoms with Gasteiger partial charge in [-0.2, -0.15) is 0 Å². The molecule has 0 bridgehead atoms. The van der Waals surface area contributed by atoms with E-state index in [0.717, 1.165) is 25.2 Å². The molecule has 0 aromatic rings.